The molecule has 0 bridgehead atoms. The summed E-state index contributed by atoms with van der Waals surface area (Å²) in [6.45, 7) is 3.28. The lowest BCUT2D eigenvalue weighted by molar-refractivity contribution is 0.190. The fourth-order valence-corrected chi connectivity index (χ4v) is 4.66. The number of amides is 2. The molecule has 0 aliphatic carbocycles. The van der Waals surface area contributed by atoms with Gasteiger partial charge in [-0.1, -0.05) is 29.8 Å². The number of urea groups is 1. The lowest BCUT2D eigenvalue weighted by Crippen LogP contribution is -2.51. The summed E-state index contributed by atoms with van der Waals surface area (Å²) >= 11 is -1.48. The average Bonchev–Trinajstić information content (AvgIpc) is 3.06. The molecule has 1 saturated heterocycles. The van der Waals surface area contributed by atoms with Crippen LogP contribution in [0.2, 0.25) is 0 Å². The van der Waals surface area contributed by atoms with E-state index in [9.17, 15) is 18.1 Å². The topological polar surface area (TPSA) is 67.4 Å². The molecule has 1 heterocycles. The van der Waals surface area contributed by atoms with E-state index < -0.39 is 47.3 Å². The molecule has 2 N–H and O–H groups in total. The number of likely N-dealkylation sites (tertiary alicyclic amines) is 1. The van der Waals surface area contributed by atoms with E-state index in [1.165, 1.54) is 30.1 Å². The first-order valence-electron chi connectivity index (χ1n) is 10.1. The van der Waals surface area contributed by atoms with Crippen LogP contribution in [0.25, 0.3) is 11.1 Å². The highest BCUT2D eigenvalue weighted by atomic mass is 32.2. The van der Waals surface area contributed by atoms with Crippen LogP contribution in [0.1, 0.15) is 18.1 Å². The van der Waals surface area contributed by atoms with Gasteiger partial charge in [0.15, 0.2) is 0 Å². The number of carbonyl (C=O) groups excluding carboxylic acids is 1. The third kappa shape index (κ3) is 4.99. The molecule has 31 heavy (non-hydrogen) atoms. The first kappa shape index (κ1) is 23.4. The second-order valence-corrected chi connectivity index (χ2v) is 9.04. The maximum absolute atomic E-state index is 15.4. The highest BCUT2D eigenvalue weighted by Crippen LogP contribution is 2.31. The number of benzene rings is 2. The van der Waals surface area contributed by atoms with E-state index in [2.05, 4.69) is 10.0 Å². The van der Waals surface area contributed by atoms with Crippen molar-refractivity contribution in [2.24, 2.45) is 0 Å². The summed E-state index contributed by atoms with van der Waals surface area (Å²) in [5.74, 6) is -0.899. The smallest absolute Gasteiger partial charge is 0.317 e. The first-order chi connectivity index (χ1) is 14.8. The summed E-state index contributed by atoms with van der Waals surface area (Å²) in [7, 11) is 1.43. The van der Waals surface area contributed by atoms with Crippen LogP contribution in [-0.4, -0.2) is 53.1 Å². The van der Waals surface area contributed by atoms with Crippen LogP contribution in [0.15, 0.2) is 36.4 Å². The molecule has 5 nitrogen and oxygen atoms in total. The molecule has 1 fully saturated rings. The van der Waals surface area contributed by atoms with Gasteiger partial charge < -0.3 is 14.8 Å². The Morgan fingerprint density at radius 2 is 2.00 bits per heavy atom. The maximum atomic E-state index is 15.4. The Labute approximate surface area is 183 Å². The Balaban J connectivity index is 1.97. The summed E-state index contributed by atoms with van der Waals surface area (Å²) in [5, 5.41) is 2.47. The Bertz CT molecular complexity index is 946. The number of aryl methyl sites for hydroxylation is 1. The van der Waals surface area contributed by atoms with Gasteiger partial charge in [-0.05, 0) is 38.0 Å². The van der Waals surface area contributed by atoms with Gasteiger partial charge >= 0.3 is 6.03 Å². The van der Waals surface area contributed by atoms with Crippen molar-refractivity contribution < 1.29 is 22.5 Å². The number of hydrogen-bond donors (Lipinski definition) is 2. The molecule has 3 rings (SSSR count). The fraction of sp³-hybridized carbons (Fsp3) is 0.409. The van der Waals surface area contributed by atoms with Crippen LogP contribution in [0, 0.1) is 18.6 Å². The fourth-order valence-electron chi connectivity index (χ4n) is 3.89. The monoisotopic (exact) mass is 453 g/mol. The molecule has 0 saturated carbocycles. The van der Waals surface area contributed by atoms with E-state index in [4.69, 9.17) is 0 Å². The van der Waals surface area contributed by atoms with Gasteiger partial charge in [0.2, 0.25) is 0 Å². The number of carbonyl (C=O) groups is 1. The zero-order valence-corrected chi connectivity index (χ0v) is 18.4. The number of rotatable bonds is 6. The van der Waals surface area contributed by atoms with Crippen molar-refractivity contribution in [3.63, 3.8) is 0 Å². The van der Waals surface area contributed by atoms with Crippen LogP contribution in [0.3, 0.4) is 0 Å². The van der Waals surface area contributed by atoms with Gasteiger partial charge in [0.25, 0.3) is 0 Å². The molecule has 2 amide bonds. The van der Waals surface area contributed by atoms with E-state index in [1.807, 2.05) is 0 Å². The maximum Gasteiger partial charge on any atom is 0.317 e. The standard InChI is InChI=1S/C22H26F3N3O2S/c1-4-31(30)27-21-18(24)12-28(22(29)26-3)19(21)11-14-6-5-7-15(20(14)25)16-10-13(2)8-9-17(16)23/h5-10,18-19,21,27H,4,11-12H2,1-3H3,(H,26,29)/t18-,19-,21-,31?/m0/s1. The molecule has 4 atom stereocenters. The van der Waals surface area contributed by atoms with Crippen molar-refractivity contribution in [1.82, 2.24) is 14.9 Å². The van der Waals surface area contributed by atoms with E-state index in [0.717, 1.165) is 5.56 Å². The van der Waals surface area contributed by atoms with Crippen LogP contribution in [0.4, 0.5) is 18.0 Å². The Kier molecular flexibility index (Phi) is 7.51. The van der Waals surface area contributed by atoms with Gasteiger partial charge in [-0.2, -0.15) is 0 Å². The van der Waals surface area contributed by atoms with Gasteiger partial charge in [-0.15, -0.1) is 4.72 Å². The Hall–Kier alpha value is -2.23. The summed E-state index contributed by atoms with van der Waals surface area (Å²) < 4.78 is 59.3. The molecule has 1 aliphatic heterocycles. The summed E-state index contributed by atoms with van der Waals surface area (Å²) in [6.07, 6.45) is -1.47. The third-order valence-electron chi connectivity index (χ3n) is 5.50. The van der Waals surface area contributed by atoms with Gasteiger partial charge in [-0.3, -0.25) is 0 Å². The molecule has 1 aliphatic rings. The van der Waals surface area contributed by atoms with Crippen LogP contribution < -0.4 is 10.0 Å². The van der Waals surface area contributed by atoms with Crippen molar-refractivity contribution >= 4 is 17.4 Å². The number of nitrogens with zero attached hydrogens (tertiary/aromatic N) is 1. The first-order valence-corrected chi connectivity index (χ1v) is 11.4. The summed E-state index contributed by atoms with van der Waals surface area (Å²) in [5.41, 5.74) is 1.25. The van der Waals surface area contributed by atoms with Gasteiger partial charge in [0.05, 0.1) is 12.6 Å². The molecule has 1 unspecified atom stereocenters. The SMILES string of the molecule is CC[S+]([O-])N[C@H]1[C@@H](F)CN(C(=O)NC)[C@H]1Cc1cccc(-c2cc(C)ccc2F)c1F. The zero-order chi connectivity index (χ0) is 22.7. The van der Waals surface area contributed by atoms with Crippen molar-refractivity contribution in [1.29, 1.82) is 0 Å². The molecule has 2 aromatic carbocycles. The molecule has 168 valence electrons. The van der Waals surface area contributed by atoms with Gasteiger partial charge in [0, 0.05) is 29.5 Å². The predicted molar refractivity (Wildman–Crippen MR) is 116 cm³/mol. The minimum atomic E-state index is -1.48. The van der Waals surface area contributed by atoms with E-state index in [-0.39, 0.29) is 35.4 Å². The molecular formula is C22H26F3N3O2S. The highest BCUT2D eigenvalue weighted by molar-refractivity contribution is 7.89. The molecule has 9 heteroatoms. The van der Waals surface area contributed by atoms with E-state index in [1.54, 1.807) is 32.0 Å². The van der Waals surface area contributed by atoms with Gasteiger partial charge in [0.1, 0.15) is 29.6 Å². The normalized spacial score (nSPS) is 21.9. The Morgan fingerprint density at radius 1 is 1.26 bits per heavy atom. The number of nitrogens with one attached hydrogen (secondary N) is 2. The summed E-state index contributed by atoms with van der Waals surface area (Å²) in [4.78, 5) is 13.6. The van der Waals surface area contributed by atoms with Crippen molar-refractivity contribution in [2.75, 3.05) is 19.3 Å². The predicted octanol–water partition coefficient (Wildman–Crippen LogP) is 3.49. The minimum absolute atomic E-state index is 0.0144. The Morgan fingerprint density at radius 3 is 2.68 bits per heavy atom. The average molecular weight is 454 g/mol. The molecule has 2 aromatic rings. The van der Waals surface area contributed by atoms with Crippen molar-refractivity contribution in [3.05, 3.63) is 59.2 Å². The highest BCUT2D eigenvalue weighted by Gasteiger charge is 2.46. The summed E-state index contributed by atoms with van der Waals surface area (Å²) in [6, 6.07) is 6.90. The van der Waals surface area contributed by atoms with Crippen molar-refractivity contribution in [2.45, 2.75) is 38.5 Å². The number of hydrogen-bond acceptors (Lipinski definition) is 3. The zero-order valence-electron chi connectivity index (χ0n) is 17.6. The second kappa shape index (κ2) is 9.93. The number of alkyl halides is 1. The largest absolute Gasteiger partial charge is 0.598 e. The van der Waals surface area contributed by atoms with Crippen molar-refractivity contribution in [3.8, 4) is 11.1 Å². The van der Waals surface area contributed by atoms with Gasteiger partial charge in [-0.25, -0.2) is 18.0 Å². The second-order valence-electron chi connectivity index (χ2n) is 7.53. The van der Waals surface area contributed by atoms with E-state index in [0.29, 0.717) is 0 Å². The van der Waals surface area contributed by atoms with Crippen LogP contribution >= 0.6 is 0 Å². The molecule has 0 spiro atoms. The van der Waals surface area contributed by atoms with Crippen LogP contribution in [0.5, 0.6) is 0 Å². The molecular weight excluding hydrogens is 427 g/mol. The number of halogens is 3. The lowest BCUT2D eigenvalue weighted by Gasteiger charge is -2.28. The quantitative estimate of drug-likeness (QED) is 0.658. The molecule has 0 aromatic heterocycles. The van der Waals surface area contributed by atoms with E-state index >= 15 is 4.39 Å². The minimum Gasteiger partial charge on any atom is -0.598 e. The van der Waals surface area contributed by atoms with Crippen LogP contribution in [-0.2, 0) is 17.8 Å². The third-order valence-corrected chi connectivity index (χ3v) is 6.56. The lowest BCUT2D eigenvalue weighted by atomic mass is 9.95. The molecule has 0 radical (unpaired) electrons.